The fourth-order valence-electron chi connectivity index (χ4n) is 6.42. The topological polar surface area (TPSA) is 42.4 Å². The molecule has 9 aromatic rings. The molecule has 212 valence electrons. The lowest BCUT2D eigenvalue weighted by molar-refractivity contribution is 0.617. The Morgan fingerprint density at radius 1 is 0.467 bits per heavy atom. The third-order valence-corrected chi connectivity index (χ3v) is 8.48. The SMILES string of the molecule is c1ccc(-c2nc3c(N(c4ccccc4)c4ccc(-c5cccc6ccccc56)cc4)c4c(cc3o2)oc2ccccc24)cc1. The molecule has 0 aliphatic heterocycles. The van der Waals surface area contributed by atoms with E-state index in [1.165, 1.54) is 16.3 Å². The summed E-state index contributed by atoms with van der Waals surface area (Å²) in [6, 6.07) is 54.4. The number of nitrogens with zero attached hydrogens (tertiary/aromatic N) is 2. The van der Waals surface area contributed by atoms with Crippen molar-refractivity contribution in [3.8, 4) is 22.6 Å². The summed E-state index contributed by atoms with van der Waals surface area (Å²) in [6.07, 6.45) is 0. The van der Waals surface area contributed by atoms with Crippen molar-refractivity contribution in [1.82, 2.24) is 4.98 Å². The maximum absolute atomic E-state index is 6.44. The van der Waals surface area contributed by atoms with Crippen LogP contribution in [0.25, 0.3) is 66.4 Å². The first kappa shape index (κ1) is 25.4. The Kier molecular flexibility index (Phi) is 5.78. The van der Waals surface area contributed by atoms with Gasteiger partial charge in [0, 0.05) is 28.4 Å². The fourth-order valence-corrected chi connectivity index (χ4v) is 6.42. The molecule has 0 aliphatic rings. The summed E-state index contributed by atoms with van der Waals surface area (Å²) in [5.41, 5.74) is 9.25. The highest BCUT2D eigenvalue weighted by Crippen LogP contribution is 2.47. The van der Waals surface area contributed by atoms with Gasteiger partial charge in [-0.2, -0.15) is 0 Å². The summed E-state index contributed by atoms with van der Waals surface area (Å²) in [6.45, 7) is 0. The van der Waals surface area contributed by atoms with Crippen LogP contribution in [0, 0.1) is 0 Å². The molecule has 0 fully saturated rings. The Hall–Kier alpha value is -6.13. The third-order valence-electron chi connectivity index (χ3n) is 8.48. The van der Waals surface area contributed by atoms with Crippen LogP contribution in [0.4, 0.5) is 17.1 Å². The number of fused-ring (bicyclic) bond motifs is 5. The molecule has 45 heavy (non-hydrogen) atoms. The van der Waals surface area contributed by atoms with E-state index in [-0.39, 0.29) is 0 Å². The van der Waals surface area contributed by atoms with Gasteiger partial charge >= 0.3 is 0 Å². The second kappa shape index (κ2) is 10.2. The summed E-state index contributed by atoms with van der Waals surface area (Å²) >= 11 is 0. The van der Waals surface area contributed by atoms with E-state index in [0.717, 1.165) is 55.6 Å². The second-order valence-corrected chi connectivity index (χ2v) is 11.2. The van der Waals surface area contributed by atoms with Gasteiger partial charge in [0.25, 0.3) is 0 Å². The van der Waals surface area contributed by atoms with E-state index in [1.54, 1.807) is 0 Å². The van der Waals surface area contributed by atoms with Crippen LogP contribution < -0.4 is 4.90 Å². The number of hydrogen-bond acceptors (Lipinski definition) is 4. The molecule has 0 aliphatic carbocycles. The number of oxazole rings is 1. The first-order valence-corrected chi connectivity index (χ1v) is 15.1. The molecule has 0 radical (unpaired) electrons. The van der Waals surface area contributed by atoms with Gasteiger partial charge in [-0.15, -0.1) is 0 Å². The van der Waals surface area contributed by atoms with E-state index in [2.05, 4.69) is 108 Å². The van der Waals surface area contributed by atoms with E-state index in [4.69, 9.17) is 13.8 Å². The molecular formula is C41H26N2O2. The zero-order valence-corrected chi connectivity index (χ0v) is 24.2. The van der Waals surface area contributed by atoms with Gasteiger partial charge in [-0.05, 0) is 64.4 Å². The first-order chi connectivity index (χ1) is 22.3. The van der Waals surface area contributed by atoms with Crippen LogP contribution in [0.2, 0.25) is 0 Å². The lowest BCUT2D eigenvalue weighted by Gasteiger charge is -2.26. The molecule has 0 N–H and O–H groups in total. The van der Waals surface area contributed by atoms with Gasteiger partial charge in [-0.25, -0.2) is 4.98 Å². The Bertz CT molecular complexity index is 2470. The van der Waals surface area contributed by atoms with Crippen LogP contribution in [0.1, 0.15) is 0 Å². The number of para-hydroxylation sites is 2. The van der Waals surface area contributed by atoms with Crippen LogP contribution in [-0.4, -0.2) is 4.98 Å². The van der Waals surface area contributed by atoms with Crippen LogP contribution in [0.15, 0.2) is 167 Å². The minimum absolute atomic E-state index is 0.572. The Morgan fingerprint density at radius 2 is 1.13 bits per heavy atom. The number of hydrogen-bond donors (Lipinski definition) is 0. The normalized spacial score (nSPS) is 11.6. The maximum Gasteiger partial charge on any atom is 0.227 e. The number of aromatic nitrogens is 1. The predicted molar refractivity (Wildman–Crippen MR) is 184 cm³/mol. The molecule has 2 heterocycles. The van der Waals surface area contributed by atoms with Crippen molar-refractivity contribution < 1.29 is 8.83 Å². The lowest BCUT2D eigenvalue weighted by Crippen LogP contribution is -2.11. The average molecular weight is 579 g/mol. The predicted octanol–water partition coefficient (Wildman–Crippen LogP) is 11.7. The molecule has 9 rings (SSSR count). The molecule has 0 spiro atoms. The second-order valence-electron chi connectivity index (χ2n) is 11.2. The number of benzene rings is 7. The highest BCUT2D eigenvalue weighted by Gasteiger charge is 2.26. The molecule has 0 saturated carbocycles. The van der Waals surface area contributed by atoms with Crippen LogP contribution in [0.3, 0.4) is 0 Å². The van der Waals surface area contributed by atoms with Crippen molar-refractivity contribution in [2.75, 3.05) is 4.90 Å². The van der Waals surface area contributed by atoms with Gasteiger partial charge in [-0.3, -0.25) is 0 Å². The fraction of sp³-hybridized carbons (Fsp3) is 0. The maximum atomic E-state index is 6.44. The van der Waals surface area contributed by atoms with Crippen LogP contribution in [-0.2, 0) is 0 Å². The number of furan rings is 1. The molecule has 7 aromatic carbocycles. The third kappa shape index (κ3) is 4.19. The minimum atomic E-state index is 0.572. The van der Waals surface area contributed by atoms with Crippen molar-refractivity contribution in [3.05, 3.63) is 158 Å². The Balaban J connectivity index is 1.31. The smallest absolute Gasteiger partial charge is 0.227 e. The van der Waals surface area contributed by atoms with E-state index in [9.17, 15) is 0 Å². The molecule has 0 amide bonds. The summed E-state index contributed by atoms with van der Waals surface area (Å²) < 4.78 is 12.9. The monoisotopic (exact) mass is 578 g/mol. The number of rotatable bonds is 5. The van der Waals surface area contributed by atoms with Crippen molar-refractivity contribution in [3.63, 3.8) is 0 Å². The van der Waals surface area contributed by atoms with Crippen molar-refractivity contribution in [2.24, 2.45) is 0 Å². The number of anilines is 3. The zero-order valence-electron chi connectivity index (χ0n) is 24.2. The average Bonchev–Trinajstić information content (AvgIpc) is 3.71. The van der Waals surface area contributed by atoms with Crippen molar-refractivity contribution >= 4 is 60.9 Å². The molecule has 0 atom stereocenters. The first-order valence-electron chi connectivity index (χ1n) is 15.1. The highest BCUT2D eigenvalue weighted by atomic mass is 16.4. The van der Waals surface area contributed by atoms with Gasteiger partial charge in [-0.1, -0.05) is 109 Å². The van der Waals surface area contributed by atoms with Gasteiger partial charge in [0.1, 0.15) is 16.7 Å². The van der Waals surface area contributed by atoms with Gasteiger partial charge in [0.05, 0.1) is 11.1 Å². The van der Waals surface area contributed by atoms with Gasteiger partial charge in [0.2, 0.25) is 5.89 Å². The molecule has 4 nitrogen and oxygen atoms in total. The van der Waals surface area contributed by atoms with Gasteiger partial charge < -0.3 is 13.7 Å². The van der Waals surface area contributed by atoms with Crippen LogP contribution in [0.5, 0.6) is 0 Å². The van der Waals surface area contributed by atoms with Crippen molar-refractivity contribution in [1.29, 1.82) is 0 Å². The standard InChI is InChI=1S/C41H26N2O2/c1-3-13-29(14-4-1)41-42-39-37(45-41)26-36-38(34-19-9-10-21-35(34)44-36)40(39)43(30-16-5-2-6-17-30)31-24-22-28(23-25-31)33-20-11-15-27-12-7-8-18-32(27)33/h1-26H. The molecular weight excluding hydrogens is 552 g/mol. The quantitative estimate of drug-likeness (QED) is 0.204. The largest absolute Gasteiger partial charge is 0.456 e. The van der Waals surface area contributed by atoms with Crippen molar-refractivity contribution in [2.45, 2.75) is 0 Å². The Labute approximate surface area is 259 Å². The molecule has 0 unspecified atom stereocenters. The molecule has 0 bridgehead atoms. The summed E-state index contributed by atoms with van der Waals surface area (Å²) in [5.74, 6) is 0.572. The van der Waals surface area contributed by atoms with E-state index in [0.29, 0.717) is 11.5 Å². The minimum Gasteiger partial charge on any atom is -0.456 e. The lowest BCUT2D eigenvalue weighted by atomic mass is 9.98. The van der Waals surface area contributed by atoms with E-state index < -0.39 is 0 Å². The summed E-state index contributed by atoms with van der Waals surface area (Å²) in [4.78, 5) is 7.42. The van der Waals surface area contributed by atoms with Gasteiger partial charge in [0.15, 0.2) is 5.58 Å². The molecule has 4 heteroatoms. The summed E-state index contributed by atoms with van der Waals surface area (Å²) in [7, 11) is 0. The summed E-state index contributed by atoms with van der Waals surface area (Å²) in [5, 5.41) is 4.49. The zero-order chi connectivity index (χ0) is 29.7. The highest BCUT2D eigenvalue weighted by molar-refractivity contribution is 6.20. The van der Waals surface area contributed by atoms with E-state index >= 15 is 0 Å². The van der Waals surface area contributed by atoms with E-state index in [1.807, 2.05) is 54.6 Å². The molecule has 0 saturated heterocycles. The molecule has 2 aromatic heterocycles. The van der Waals surface area contributed by atoms with Crippen LogP contribution >= 0.6 is 0 Å². The Morgan fingerprint density at radius 3 is 1.96 bits per heavy atom.